The minimum atomic E-state index is -5.14. The molecule has 0 aromatic carbocycles. The van der Waals surface area contributed by atoms with Gasteiger partial charge in [0.05, 0.1) is 6.61 Å². The zero-order chi connectivity index (χ0) is 45.0. The summed E-state index contributed by atoms with van der Waals surface area (Å²) in [6.07, 6.45) is 33.6. The highest BCUT2D eigenvalue weighted by molar-refractivity contribution is 7.47. The maximum Gasteiger partial charge on any atom is 0.472 e. The molecule has 0 spiro atoms. The average molecular weight is 881 g/mol. The molecule has 0 amide bonds. The second kappa shape index (κ2) is 36.5. The van der Waals surface area contributed by atoms with Crippen LogP contribution in [0.4, 0.5) is 0 Å². The third kappa shape index (κ3) is 29.1. The SMILES string of the molecule is CC/C=C/C=C/C=C/C=C/CCCCCCCC(=O)OC[C@H](COP(=O)(O)OC1C(O)C(O)C(O)[C@H](O)C1O)OC(=O)CCC/C=C/C/C=C/C/C=C/CCCCCCCC. The first kappa shape index (κ1) is 56.0. The fourth-order valence-electron chi connectivity index (χ4n) is 6.19. The number of rotatable bonds is 35. The van der Waals surface area contributed by atoms with Gasteiger partial charge in [0.1, 0.15) is 43.2 Å². The number of carbonyl (C=O) groups is 2. The van der Waals surface area contributed by atoms with Crippen molar-refractivity contribution in [3.8, 4) is 0 Å². The molecular formula is C47H77O13P. The van der Waals surface area contributed by atoms with Gasteiger partial charge in [-0.25, -0.2) is 4.57 Å². The Morgan fingerprint density at radius 2 is 1.02 bits per heavy atom. The normalized spacial score (nSPS) is 22.8. The second-order valence-corrected chi connectivity index (χ2v) is 16.7. The average Bonchev–Trinajstić information content (AvgIpc) is 3.24. The van der Waals surface area contributed by atoms with E-state index in [4.69, 9.17) is 18.5 Å². The molecule has 14 heteroatoms. The molecule has 0 aliphatic heterocycles. The van der Waals surface area contributed by atoms with Crippen molar-refractivity contribution in [2.24, 2.45) is 0 Å². The van der Waals surface area contributed by atoms with Crippen LogP contribution in [-0.4, -0.2) is 98.3 Å². The smallest absolute Gasteiger partial charge is 0.462 e. The van der Waals surface area contributed by atoms with Gasteiger partial charge in [0.15, 0.2) is 6.10 Å². The maximum atomic E-state index is 12.8. The number of aliphatic hydroxyl groups is 5. The summed E-state index contributed by atoms with van der Waals surface area (Å²) in [6.45, 7) is 3.07. The summed E-state index contributed by atoms with van der Waals surface area (Å²) in [5, 5.41) is 50.1. The molecule has 1 fully saturated rings. The third-order valence-electron chi connectivity index (χ3n) is 9.82. The summed E-state index contributed by atoms with van der Waals surface area (Å²) < 4.78 is 33.4. The van der Waals surface area contributed by atoms with E-state index >= 15 is 0 Å². The van der Waals surface area contributed by atoms with Gasteiger partial charge in [0, 0.05) is 12.8 Å². The number of ether oxygens (including phenoxy) is 2. The van der Waals surface area contributed by atoms with Crippen molar-refractivity contribution in [3.63, 3.8) is 0 Å². The van der Waals surface area contributed by atoms with Crippen LogP contribution < -0.4 is 0 Å². The van der Waals surface area contributed by atoms with Gasteiger partial charge in [-0.15, -0.1) is 0 Å². The van der Waals surface area contributed by atoms with E-state index in [1.807, 2.05) is 48.6 Å². The summed E-state index contributed by atoms with van der Waals surface area (Å²) in [7, 11) is -5.14. The van der Waals surface area contributed by atoms with Crippen molar-refractivity contribution in [1.82, 2.24) is 0 Å². The Balaban J connectivity index is 2.54. The monoisotopic (exact) mass is 881 g/mol. The minimum absolute atomic E-state index is 0.0145. The van der Waals surface area contributed by atoms with Crippen LogP contribution in [0.2, 0.25) is 0 Å². The first-order valence-electron chi connectivity index (χ1n) is 22.4. The van der Waals surface area contributed by atoms with Crippen molar-refractivity contribution in [1.29, 1.82) is 0 Å². The van der Waals surface area contributed by atoms with Crippen molar-refractivity contribution in [2.75, 3.05) is 13.2 Å². The number of allylic oxidation sites excluding steroid dienone is 14. The standard InChI is InChI=1S/C47H77O13P/c1-3-5-7-9-11-13-15-17-19-20-22-24-26-28-30-32-34-36-41(49)59-39(38-58-61(55,56)60-47-45(53)43(51)42(50)44(52)46(47)54)37-57-40(48)35-33-31-29-27-25-23-21-18-16-14-12-10-8-6-4-2/h6,8,10,12,14,16-19,21-22,24,28,30,39,42-47,50-54H,3-5,7,9,11,13,15,20,23,25-27,29,31-38H2,1-2H3,(H,55,56)/b8-6+,12-10+,16-14+,19-17+,21-18+,24-22+,30-28+/t39-,42?,43+,44?,45?,46?,47?/m1/s1. The Morgan fingerprint density at radius 3 is 1.62 bits per heavy atom. The van der Waals surface area contributed by atoms with E-state index in [1.165, 1.54) is 38.5 Å². The molecule has 348 valence electrons. The Hall–Kier alpha value is -2.97. The highest BCUT2D eigenvalue weighted by Crippen LogP contribution is 2.47. The van der Waals surface area contributed by atoms with Crippen molar-refractivity contribution >= 4 is 19.8 Å². The van der Waals surface area contributed by atoms with Gasteiger partial charge >= 0.3 is 19.8 Å². The molecule has 1 rings (SSSR count). The fraction of sp³-hybridized carbons (Fsp3) is 0.660. The molecule has 0 aromatic rings. The quantitative estimate of drug-likeness (QED) is 0.0116. The van der Waals surface area contributed by atoms with Crippen LogP contribution in [0.3, 0.4) is 0 Å². The van der Waals surface area contributed by atoms with Crippen molar-refractivity contribution < 1.29 is 63.1 Å². The van der Waals surface area contributed by atoms with Crippen molar-refractivity contribution in [3.05, 3.63) is 85.1 Å². The summed E-state index contributed by atoms with van der Waals surface area (Å²) in [4.78, 5) is 35.6. The lowest BCUT2D eigenvalue weighted by molar-refractivity contribution is -0.220. The van der Waals surface area contributed by atoms with Gasteiger partial charge < -0.3 is 39.9 Å². The predicted octanol–water partition coefficient (Wildman–Crippen LogP) is 8.50. The summed E-state index contributed by atoms with van der Waals surface area (Å²) in [5.41, 5.74) is 0. The molecule has 13 nitrogen and oxygen atoms in total. The Kier molecular flexibility index (Phi) is 33.5. The molecule has 1 aliphatic rings. The summed E-state index contributed by atoms with van der Waals surface area (Å²) in [5.74, 6) is -1.20. The summed E-state index contributed by atoms with van der Waals surface area (Å²) in [6, 6.07) is 0. The molecule has 6 N–H and O–H groups in total. The van der Waals surface area contributed by atoms with Crippen LogP contribution in [-0.2, 0) is 32.7 Å². The molecular weight excluding hydrogens is 803 g/mol. The topological polar surface area (TPSA) is 210 Å². The number of hydrogen-bond donors (Lipinski definition) is 6. The van der Waals surface area contributed by atoms with Crippen LogP contribution >= 0.6 is 7.82 Å². The number of aliphatic hydroxyl groups excluding tert-OH is 5. The van der Waals surface area contributed by atoms with E-state index in [-0.39, 0.29) is 12.8 Å². The van der Waals surface area contributed by atoms with Gasteiger partial charge in [-0.1, -0.05) is 150 Å². The first-order chi connectivity index (χ1) is 29.4. The molecule has 0 saturated heterocycles. The van der Waals surface area contributed by atoms with Gasteiger partial charge in [-0.05, 0) is 64.2 Å². The van der Waals surface area contributed by atoms with E-state index in [2.05, 4.69) is 50.3 Å². The van der Waals surface area contributed by atoms with Crippen LogP contribution in [0.1, 0.15) is 142 Å². The number of unbranched alkanes of at least 4 members (excludes halogenated alkanes) is 12. The van der Waals surface area contributed by atoms with Crippen LogP contribution in [0.5, 0.6) is 0 Å². The van der Waals surface area contributed by atoms with Gasteiger partial charge in [0.2, 0.25) is 0 Å². The van der Waals surface area contributed by atoms with E-state index < -0.39 is 75.7 Å². The third-order valence-corrected chi connectivity index (χ3v) is 10.8. The van der Waals surface area contributed by atoms with Gasteiger partial charge in [-0.2, -0.15) is 0 Å². The molecule has 0 bridgehead atoms. The molecule has 6 unspecified atom stereocenters. The predicted molar refractivity (Wildman–Crippen MR) is 239 cm³/mol. The van der Waals surface area contributed by atoms with Crippen LogP contribution in [0.25, 0.3) is 0 Å². The van der Waals surface area contributed by atoms with E-state index in [9.17, 15) is 44.6 Å². The number of esters is 2. The number of carbonyl (C=O) groups excluding carboxylic acids is 2. The molecule has 0 radical (unpaired) electrons. The lowest BCUT2D eigenvalue weighted by atomic mass is 9.85. The molecule has 1 saturated carbocycles. The van der Waals surface area contributed by atoms with Crippen LogP contribution in [0.15, 0.2) is 85.1 Å². The maximum absolute atomic E-state index is 12.8. The van der Waals surface area contributed by atoms with Crippen LogP contribution in [0, 0.1) is 0 Å². The lowest BCUT2D eigenvalue weighted by Gasteiger charge is -2.41. The molecule has 61 heavy (non-hydrogen) atoms. The largest absolute Gasteiger partial charge is 0.472 e. The number of phosphoric acid groups is 1. The molecule has 0 heterocycles. The van der Waals surface area contributed by atoms with Gasteiger partial charge in [0.25, 0.3) is 0 Å². The molecule has 0 aromatic heterocycles. The number of phosphoric ester groups is 1. The fourth-order valence-corrected chi connectivity index (χ4v) is 7.17. The Labute approximate surface area is 365 Å². The lowest BCUT2D eigenvalue weighted by Crippen LogP contribution is -2.64. The second-order valence-electron chi connectivity index (χ2n) is 15.3. The molecule has 1 aliphatic carbocycles. The molecule has 8 atom stereocenters. The zero-order valence-corrected chi connectivity index (χ0v) is 37.6. The number of hydrogen-bond acceptors (Lipinski definition) is 12. The highest BCUT2D eigenvalue weighted by atomic mass is 31.2. The Morgan fingerprint density at radius 1 is 0.541 bits per heavy atom. The van der Waals surface area contributed by atoms with E-state index in [0.29, 0.717) is 19.3 Å². The van der Waals surface area contributed by atoms with E-state index in [1.54, 1.807) is 0 Å². The van der Waals surface area contributed by atoms with E-state index in [0.717, 1.165) is 57.8 Å². The summed E-state index contributed by atoms with van der Waals surface area (Å²) >= 11 is 0. The Bertz CT molecular complexity index is 1390. The van der Waals surface area contributed by atoms with Crippen molar-refractivity contribution in [2.45, 2.75) is 185 Å². The minimum Gasteiger partial charge on any atom is -0.462 e. The first-order valence-corrected chi connectivity index (χ1v) is 23.9. The van der Waals surface area contributed by atoms with Gasteiger partial charge in [-0.3, -0.25) is 18.6 Å². The highest BCUT2D eigenvalue weighted by Gasteiger charge is 2.51. The zero-order valence-electron chi connectivity index (χ0n) is 36.7.